The lowest BCUT2D eigenvalue weighted by molar-refractivity contribution is 0.177. The Morgan fingerprint density at radius 3 is 2.89 bits per heavy atom. The molecule has 94 valence electrons. The van der Waals surface area contributed by atoms with Crippen LogP contribution in [0.2, 0.25) is 5.02 Å². The molecule has 0 spiro atoms. The van der Waals surface area contributed by atoms with Crippen molar-refractivity contribution in [3.63, 3.8) is 0 Å². The lowest BCUT2D eigenvalue weighted by Gasteiger charge is -2.14. The molecule has 0 aliphatic rings. The molecule has 2 rings (SSSR count). The minimum absolute atomic E-state index is 0.267. The molecule has 18 heavy (non-hydrogen) atoms. The summed E-state index contributed by atoms with van der Waals surface area (Å²) in [5.74, 6) is -0.357. The molecule has 1 N–H and O–H groups in total. The van der Waals surface area contributed by atoms with Gasteiger partial charge in [0.15, 0.2) is 0 Å². The fourth-order valence-electron chi connectivity index (χ4n) is 1.84. The molecule has 0 amide bonds. The Bertz CT molecular complexity index is 559. The molecule has 1 atom stereocenters. The fraction of sp³-hybridized carbons (Fsp3) is 0.214. The lowest BCUT2D eigenvalue weighted by Crippen LogP contribution is -2.05. The van der Waals surface area contributed by atoms with E-state index in [-0.39, 0.29) is 12.2 Å². The SMILES string of the molecule is Cc1ccncc1C(O)Cc1cc(F)ccc1Cl. The van der Waals surface area contributed by atoms with Crippen LogP contribution >= 0.6 is 11.6 Å². The monoisotopic (exact) mass is 265 g/mol. The normalized spacial score (nSPS) is 12.4. The molecular formula is C14H13ClFNO. The third kappa shape index (κ3) is 2.86. The molecule has 4 heteroatoms. The Hall–Kier alpha value is -1.45. The standard InChI is InChI=1S/C14H13ClFNO/c1-9-4-5-17-8-12(9)14(18)7-10-6-11(16)2-3-13(10)15/h2-6,8,14,18H,7H2,1H3. The molecular weight excluding hydrogens is 253 g/mol. The Kier molecular flexibility index (Phi) is 3.94. The van der Waals surface area contributed by atoms with Crippen LogP contribution in [0.15, 0.2) is 36.7 Å². The van der Waals surface area contributed by atoms with Crippen molar-refractivity contribution in [1.29, 1.82) is 0 Å². The number of aromatic nitrogens is 1. The van der Waals surface area contributed by atoms with Gasteiger partial charge in [0.05, 0.1) is 6.10 Å². The first-order valence-corrected chi connectivity index (χ1v) is 5.98. The van der Waals surface area contributed by atoms with Crippen LogP contribution in [0.5, 0.6) is 0 Å². The van der Waals surface area contributed by atoms with Crippen LogP contribution in [0.25, 0.3) is 0 Å². The maximum absolute atomic E-state index is 13.1. The second kappa shape index (κ2) is 5.46. The summed E-state index contributed by atoms with van der Waals surface area (Å²) in [6.07, 6.45) is 2.81. The van der Waals surface area contributed by atoms with E-state index in [1.54, 1.807) is 12.4 Å². The van der Waals surface area contributed by atoms with E-state index in [4.69, 9.17) is 11.6 Å². The molecule has 1 aromatic heterocycles. The van der Waals surface area contributed by atoms with Crippen molar-refractivity contribution in [2.24, 2.45) is 0 Å². The molecule has 2 nitrogen and oxygen atoms in total. The van der Waals surface area contributed by atoms with Gasteiger partial charge in [-0.2, -0.15) is 0 Å². The smallest absolute Gasteiger partial charge is 0.123 e. The van der Waals surface area contributed by atoms with Gasteiger partial charge in [-0.15, -0.1) is 0 Å². The Morgan fingerprint density at radius 1 is 1.39 bits per heavy atom. The van der Waals surface area contributed by atoms with Gasteiger partial charge < -0.3 is 5.11 Å². The van der Waals surface area contributed by atoms with E-state index in [9.17, 15) is 9.50 Å². The average molecular weight is 266 g/mol. The molecule has 0 fully saturated rings. The average Bonchev–Trinajstić information content (AvgIpc) is 2.34. The van der Waals surface area contributed by atoms with E-state index >= 15 is 0 Å². The van der Waals surface area contributed by atoms with Crippen LogP contribution in [0.3, 0.4) is 0 Å². The molecule has 1 unspecified atom stereocenters. The Balaban J connectivity index is 2.24. The summed E-state index contributed by atoms with van der Waals surface area (Å²) >= 11 is 5.97. The molecule has 0 aliphatic carbocycles. The number of pyridine rings is 1. The van der Waals surface area contributed by atoms with Gasteiger partial charge in [0.25, 0.3) is 0 Å². The fourth-order valence-corrected chi connectivity index (χ4v) is 2.04. The third-order valence-corrected chi connectivity index (χ3v) is 3.23. The highest BCUT2D eigenvalue weighted by molar-refractivity contribution is 6.31. The number of nitrogens with zero attached hydrogens (tertiary/aromatic N) is 1. The highest BCUT2D eigenvalue weighted by Crippen LogP contribution is 2.25. The van der Waals surface area contributed by atoms with Crippen LogP contribution in [-0.4, -0.2) is 10.1 Å². The molecule has 2 aromatic rings. The number of benzene rings is 1. The van der Waals surface area contributed by atoms with E-state index in [1.165, 1.54) is 18.2 Å². The molecule has 1 heterocycles. The van der Waals surface area contributed by atoms with E-state index in [1.807, 2.05) is 13.0 Å². The predicted molar refractivity (Wildman–Crippen MR) is 69.0 cm³/mol. The number of halogens is 2. The number of aliphatic hydroxyl groups excluding tert-OH is 1. The zero-order valence-corrected chi connectivity index (χ0v) is 10.7. The van der Waals surface area contributed by atoms with Crippen molar-refractivity contribution in [2.75, 3.05) is 0 Å². The molecule has 0 aliphatic heterocycles. The van der Waals surface area contributed by atoms with Gasteiger partial charge in [-0.3, -0.25) is 4.98 Å². The summed E-state index contributed by atoms with van der Waals surface area (Å²) in [5, 5.41) is 10.6. The van der Waals surface area contributed by atoms with Crippen molar-refractivity contribution in [1.82, 2.24) is 4.98 Å². The summed E-state index contributed by atoms with van der Waals surface area (Å²) in [6, 6.07) is 5.96. The number of aliphatic hydroxyl groups is 1. The summed E-state index contributed by atoms with van der Waals surface area (Å²) in [4.78, 5) is 3.98. The Labute approximate surface area is 110 Å². The van der Waals surface area contributed by atoms with E-state index in [0.29, 0.717) is 10.6 Å². The first-order valence-electron chi connectivity index (χ1n) is 5.60. The molecule has 0 bridgehead atoms. The molecule has 0 saturated carbocycles. The van der Waals surface area contributed by atoms with E-state index in [2.05, 4.69) is 4.98 Å². The zero-order valence-electron chi connectivity index (χ0n) is 9.90. The second-order valence-corrected chi connectivity index (χ2v) is 4.60. The van der Waals surface area contributed by atoms with Crippen LogP contribution in [0.4, 0.5) is 4.39 Å². The van der Waals surface area contributed by atoms with Gasteiger partial charge in [0.2, 0.25) is 0 Å². The number of aryl methyl sites for hydroxylation is 1. The second-order valence-electron chi connectivity index (χ2n) is 4.19. The van der Waals surface area contributed by atoms with Gasteiger partial charge in [-0.05, 0) is 42.3 Å². The lowest BCUT2D eigenvalue weighted by atomic mass is 9.99. The van der Waals surface area contributed by atoms with E-state index < -0.39 is 6.10 Å². The number of hydrogen-bond donors (Lipinski definition) is 1. The van der Waals surface area contributed by atoms with Crippen molar-refractivity contribution in [2.45, 2.75) is 19.4 Å². The number of hydrogen-bond acceptors (Lipinski definition) is 2. The van der Waals surface area contributed by atoms with Crippen molar-refractivity contribution in [3.05, 3.63) is 64.2 Å². The maximum atomic E-state index is 13.1. The van der Waals surface area contributed by atoms with Crippen LogP contribution in [0.1, 0.15) is 22.8 Å². The predicted octanol–water partition coefficient (Wildman–Crippen LogP) is 3.46. The third-order valence-electron chi connectivity index (χ3n) is 2.86. The molecule has 0 radical (unpaired) electrons. The van der Waals surface area contributed by atoms with Crippen LogP contribution in [0, 0.1) is 12.7 Å². The number of rotatable bonds is 3. The summed E-state index contributed by atoms with van der Waals surface area (Å²) < 4.78 is 13.1. The minimum Gasteiger partial charge on any atom is -0.388 e. The van der Waals surface area contributed by atoms with Crippen molar-refractivity contribution < 1.29 is 9.50 Å². The maximum Gasteiger partial charge on any atom is 0.123 e. The van der Waals surface area contributed by atoms with Crippen molar-refractivity contribution in [3.8, 4) is 0 Å². The van der Waals surface area contributed by atoms with Crippen LogP contribution < -0.4 is 0 Å². The molecule has 1 aromatic carbocycles. The van der Waals surface area contributed by atoms with Gasteiger partial charge in [0.1, 0.15) is 5.82 Å². The topological polar surface area (TPSA) is 33.1 Å². The van der Waals surface area contributed by atoms with Gasteiger partial charge >= 0.3 is 0 Å². The van der Waals surface area contributed by atoms with Gasteiger partial charge in [-0.25, -0.2) is 4.39 Å². The summed E-state index contributed by atoms with van der Waals surface area (Å²) in [7, 11) is 0. The summed E-state index contributed by atoms with van der Waals surface area (Å²) in [5.41, 5.74) is 2.27. The largest absolute Gasteiger partial charge is 0.388 e. The quantitative estimate of drug-likeness (QED) is 0.922. The van der Waals surface area contributed by atoms with E-state index in [0.717, 1.165) is 11.1 Å². The molecule has 0 saturated heterocycles. The highest BCUT2D eigenvalue weighted by Gasteiger charge is 2.13. The summed E-state index contributed by atoms with van der Waals surface area (Å²) in [6.45, 7) is 1.90. The zero-order chi connectivity index (χ0) is 13.1. The van der Waals surface area contributed by atoms with Crippen LogP contribution in [-0.2, 0) is 6.42 Å². The first-order chi connectivity index (χ1) is 8.58. The van der Waals surface area contributed by atoms with Gasteiger partial charge in [0, 0.05) is 29.4 Å². The minimum atomic E-state index is -0.738. The van der Waals surface area contributed by atoms with Crippen molar-refractivity contribution >= 4 is 11.6 Å². The Morgan fingerprint density at radius 2 is 2.17 bits per heavy atom. The first kappa shape index (κ1) is 13.0. The highest BCUT2D eigenvalue weighted by atomic mass is 35.5. The van der Waals surface area contributed by atoms with Gasteiger partial charge in [-0.1, -0.05) is 11.6 Å².